The molecule has 3 rings (SSSR count). The van der Waals surface area contributed by atoms with Crippen molar-refractivity contribution in [2.45, 2.75) is 32.8 Å². The van der Waals surface area contributed by atoms with Crippen LogP contribution in [-0.4, -0.2) is 21.4 Å². The van der Waals surface area contributed by atoms with Crippen molar-refractivity contribution in [2.24, 2.45) is 0 Å². The molecule has 0 aliphatic rings. The topological polar surface area (TPSA) is 51.5 Å². The molecule has 130 valence electrons. The molecule has 0 radical (unpaired) electrons. The van der Waals surface area contributed by atoms with Crippen LogP contribution in [0, 0.1) is 0 Å². The Morgan fingerprint density at radius 1 is 1.12 bits per heavy atom. The van der Waals surface area contributed by atoms with Crippen LogP contribution in [0.2, 0.25) is 0 Å². The normalized spacial score (nSPS) is 11.7. The number of nitrogens with zero attached hydrogens (tertiary/aromatic N) is 1. The fraction of sp³-hybridized carbons (Fsp3) is 0.250. The molecule has 0 spiro atoms. The Hall–Kier alpha value is -2.27. The third-order valence-corrected chi connectivity index (χ3v) is 4.27. The zero-order valence-corrected chi connectivity index (χ0v) is 16.0. The second-order valence-corrected chi connectivity index (χ2v) is 7.91. The molecule has 0 unspecified atom stereocenters. The van der Waals surface area contributed by atoms with E-state index in [1.54, 1.807) is 22.8 Å². The van der Waals surface area contributed by atoms with Crippen LogP contribution in [-0.2, 0) is 11.2 Å². The van der Waals surface area contributed by atoms with Gasteiger partial charge < -0.3 is 9.84 Å². The molecule has 0 atom stereocenters. The number of carbonyl (C=O) groups excluding carboxylic acids is 1. The number of phenols is 1. The number of benzene rings is 2. The van der Waals surface area contributed by atoms with E-state index in [0.717, 1.165) is 21.1 Å². The molecule has 2 aromatic carbocycles. The van der Waals surface area contributed by atoms with Crippen LogP contribution in [0.3, 0.4) is 0 Å². The number of aromatic nitrogens is 1. The minimum Gasteiger partial charge on any atom is -0.508 e. The molecular weight excluding hydrogens is 382 g/mol. The van der Waals surface area contributed by atoms with Gasteiger partial charge in [-0.2, -0.15) is 0 Å². The number of aromatic hydroxyl groups is 1. The lowest BCUT2D eigenvalue weighted by Crippen LogP contribution is -2.28. The number of rotatable bonds is 2. The van der Waals surface area contributed by atoms with Crippen molar-refractivity contribution in [3.05, 3.63) is 64.3 Å². The van der Waals surface area contributed by atoms with Gasteiger partial charge in [-0.1, -0.05) is 28.1 Å². The zero-order chi connectivity index (χ0) is 18.2. The third kappa shape index (κ3) is 4.04. The maximum Gasteiger partial charge on any atom is 0.419 e. The van der Waals surface area contributed by atoms with E-state index in [2.05, 4.69) is 15.9 Å². The van der Waals surface area contributed by atoms with E-state index in [4.69, 9.17) is 4.74 Å². The summed E-state index contributed by atoms with van der Waals surface area (Å²) in [7, 11) is 0. The molecule has 25 heavy (non-hydrogen) atoms. The Morgan fingerprint density at radius 2 is 1.80 bits per heavy atom. The lowest BCUT2D eigenvalue weighted by atomic mass is 10.1. The molecular formula is C20H20BrNO3. The molecule has 0 aliphatic heterocycles. The van der Waals surface area contributed by atoms with Crippen molar-refractivity contribution in [3.63, 3.8) is 0 Å². The highest BCUT2D eigenvalue weighted by Crippen LogP contribution is 2.27. The maximum absolute atomic E-state index is 12.8. The van der Waals surface area contributed by atoms with Gasteiger partial charge in [-0.25, -0.2) is 9.36 Å². The standard InChI is InChI=1S/C20H20BrNO3/c1-20(2,3)25-19(24)22-16(10-13-4-7-15(21)8-5-13)11-14-6-9-17(23)12-18(14)22/h4-9,11-12,23H,10H2,1-3H3. The minimum absolute atomic E-state index is 0.116. The predicted octanol–water partition coefficient (Wildman–Crippen LogP) is 5.48. The highest BCUT2D eigenvalue weighted by atomic mass is 79.9. The molecule has 0 amide bonds. The fourth-order valence-corrected chi connectivity index (χ4v) is 2.98. The van der Waals surface area contributed by atoms with E-state index < -0.39 is 11.7 Å². The van der Waals surface area contributed by atoms with Crippen molar-refractivity contribution in [3.8, 4) is 5.75 Å². The van der Waals surface area contributed by atoms with Crippen molar-refractivity contribution < 1.29 is 14.6 Å². The van der Waals surface area contributed by atoms with Crippen LogP contribution < -0.4 is 0 Å². The summed E-state index contributed by atoms with van der Waals surface area (Å²) in [6.07, 6.45) is 0.141. The first-order valence-corrected chi connectivity index (χ1v) is 8.83. The van der Waals surface area contributed by atoms with Crippen molar-refractivity contribution in [1.82, 2.24) is 4.57 Å². The second-order valence-electron chi connectivity index (χ2n) is 7.00. The SMILES string of the molecule is CC(C)(C)OC(=O)n1c(Cc2ccc(Br)cc2)cc2ccc(O)cc21. The van der Waals surface area contributed by atoms with Gasteiger partial charge in [0.15, 0.2) is 0 Å². The Bertz CT molecular complexity index is 921. The van der Waals surface area contributed by atoms with Gasteiger partial charge in [0.05, 0.1) is 5.52 Å². The monoisotopic (exact) mass is 401 g/mol. The van der Waals surface area contributed by atoms with E-state index in [-0.39, 0.29) is 5.75 Å². The number of fused-ring (bicyclic) bond motifs is 1. The zero-order valence-electron chi connectivity index (χ0n) is 14.4. The number of carbonyl (C=O) groups is 1. The van der Waals surface area contributed by atoms with E-state index in [0.29, 0.717) is 11.9 Å². The summed E-state index contributed by atoms with van der Waals surface area (Å²) in [4.78, 5) is 12.8. The first-order chi connectivity index (χ1) is 11.7. The summed E-state index contributed by atoms with van der Waals surface area (Å²) in [5, 5.41) is 10.7. The predicted molar refractivity (Wildman–Crippen MR) is 102 cm³/mol. The summed E-state index contributed by atoms with van der Waals surface area (Å²) in [5.74, 6) is 0.116. The average Bonchev–Trinajstić information content (AvgIpc) is 2.85. The summed E-state index contributed by atoms with van der Waals surface area (Å²) in [6, 6.07) is 14.9. The van der Waals surface area contributed by atoms with Crippen LogP contribution in [0.1, 0.15) is 32.0 Å². The molecule has 0 aliphatic carbocycles. The molecule has 0 fully saturated rings. The van der Waals surface area contributed by atoms with E-state index in [1.165, 1.54) is 0 Å². The summed E-state index contributed by atoms with van der Waals surface area (Å²) in [5.41, 5.74) is 1.94. The Morgan fingerprint density at radius 3 is 2.44 bits per heavy atom. The van der Waals surface area contributed by atoms with Crippen molar-refractivity contribution in [1.29, 1.82) is 0 Å². The lowest BCUT2D eigenvalue weighted by molar-refractivity contribution is 0.0541. The fourth-order valence-electron chi connectivity index (χ4n) is 2.71. The van der Waals surface area contributed by atoms with Gasteiger partial charge in [0, 0.05) is 28.0 Å². The largest absolute Gasteiger partial charge is 0.508 e. The molecule has 0 saturated heterocycles. The molecule has 5 heteroatoms. The summed E-state index contributed by atoms with van der Waals surface area (Å²) >= 11 is 3.43. The molecule has 0 saturated carbocycles. The maximum atomic E-state index is 12.8. The van der Waals surface area contributed by atoms with Gasteiger partial charge in [0.2, 0.25) is 0 Å². The first-order valence-electron chi connectivity index (χ1n) is 8.04. The highest BCUT2D eigenvalue weighted by molar-refractivity contribution is 9.10. The number of phenolic OH excluding ortho intramolecular Hbond substituents is 1. The van der Waals surface area contributed by atoms with Gasteiger partial charge in [-0.15, -0.1) is 0 Å². The third-order valence-electron chi connectivity index (χ3n) is 3.74. The first kappa shape index (κ1) is 17.5. The number of halogens is 1. The molecule has 1 N–H and O–H groups in total. The Labute approximate surface area is 155 Å². The second kappa shape index (κ2) is 6.56. The van der Waals surface area contributed by atoms with Gasteiger partial charge in [-0.05, 0) is 56.7 Å². The molecule has 3 aromatic rings. The number of hydrogen-bond acceptors (Lipinski definition) is 3. The van der Waals surface area contributed by atoms with Crippen LogP contribution in [0.25, 0.3) is 10.9 Å². The molecule has 4 nitrogen and oxygen atoms in total. The smallest absolute Gasteiger partial charge is 0.419 e. The molecule has 0 bridgehead atoms. The summed E-state index contributed by atoms with van der Waals surface area (Å²) in [6.45, 7) is 5.51. The van der Waals surface area contributed by atoms with Gasteiger partial charge in [0.25, 0.3) is 0 Å². The minimum atomic E-state index is -0.598. The van der Waals surface area contributed by atoms with Gasteiger partial charge >= 0.3 is 6.09 Å². The van der Waals surface area contributed by atoms with E-state index >= 15 is 0 Å². The van der Waals surface area contributed by atoms with Gasteiger partial charge in [0.1, 0.15) is 11.4 Å². The Balaban J connectivity index is 2.08. The van der Waals surface area contributed by atoms with Crippen molar-refractivity contribution >= 4 is 32.9 Å². The lowest BCUT2D eigenvalue weighted by Gasteiger charge is -2.21. The van der Waals surface area contributed by atoms with E-state index in [1.807, 2.05) is 51.1 Å². The average molecular weight is 402 g/mol. The van der Waals surface area contributed by atoms with Crippen LogP contribution in [0.5, 0.6) is 5.75 Å². The molecule has 1 heterocycles. The number of hydrogen-bond donors (Lipinski definition) is 1. The van der Waals surface area contributed by atoms with E-state index in [9.17, 15) is 9.90 Å². The number of ether oxygens (including phenoxy) is 1. The highest BCUT2D eigenvalue weighted by Gasteiger charge is 2.22. The van der Waals surface area contributed by atoms with Crippen LogP contribution in [0.4, 0.5) is 4.79 Å². The molecule has 1 aromatic heterocycles. The Kier molecular flexibility index (Phi) is 4.60. The quantitative estimate of drug-likeness (QED) is 0.617. The van der Waals surface area contributed by atoms with Crippen molar-refractivity contribution in [2.75, 3.05) is 0 Å². The van der Waals surface area contributed by atoms with Crippen LogP contribution in [0.15, 0.2) is 53.0 Å². The van der Waals surface area contributed by atoms with Crippen LogP contribution >= 0.6 is 15.9 Å². The summed E-state index contributed by atoms with van der Waals surface area (Å²) < 4.78 is 8.11. The van der Waals surface area contributed by atoms with Gasteiger partial charge in [-0.3, -0.25) is 0 Å².